The number of carbonyl (C=O) groups excluding carboxylic acids is 1. The molecule has 114 valence electrons. The minimum atomic E-state index is -0.0556. The van der Waals surface area contributed by atoms with E-state index in [2.05, 4.69) is 5.32 Å². The number of allylic oxidation sites excluding steroid dienone is 1. The monoisotopic (exact) mass is 297 g/mol. The number of nitrogens with one attached hydrogen (secondary N) is 1. The van der Waals surface area contributed by atoms with Gasteiger partial charge in [0.25, 0.3) is 0 Å². The maximum absolute atomic E-state index is 12.0. The second-order valence-electron chi connectivity index (χ2n) is 4.77. The fourth-order valence-electron chi connectivity index (χ4n) is 1.94. The number of rotatable bonds is 6. The fourth-order valence-corrected chi connectivity index (χ4v) is 1.94. The molecule has 0 aliphatic heterocycles. The topological polar surface area (TPSA) is 47.6 Å². The van der Waals surface area contributed by atoms with Gasteiger partial charge >= 0.3 is 0 Å². The maximum Gasteiger partial charge on any atom is 0.187 e. The number of benzene rings is 2. The van der Waals surface area contributed by atoms with E-state index in [1.54, 1.807) is 26.5 Å². The molecule has 4 heteroatoms. The van der Waals surface area contributed by atoms with E-state index < -0.39 is 0 Å². The van der Waals surface area contributed by atoms with Crippen LogP contribution < -0.4 is 14.8 Å². The lowest BCUT2D eigenvalue weighted by atomic mass is 10.1. The van der Waals surface area contributed by atoms with Crippen molar-refractivity contribution in [3.05, 3.63) is 65.9 Å². The van der Waals surface area contributed by atoms with Gasteiger partial charge in [-0.3, -0.25) is 4.79 Å². The molecule has 4 nitrogen and oxygen atoms in total. The molecule has 0 saturated heterocycles. The normalized spacial score (nSPS) is 10.5. The summed E-state index contributed by atoms with van der Waals surface area (Å²) in [6.07, 6.45) is 3.10. The van der Waals surface area contributed by atoms with Gasteiger partial charge < -0.3 is 14.8 Å². The van der Waals surface area contributed by atoms with Crippen molar-refractivity contribution in [3.8, 4) is 11.5 Å². The third-order valence-electron chi connectivity index (χ3n) is 3.22. The quantitative estimate of drug-likeness (QED) is 0.650. The Morgan fingerprint density at radius 2 is 1.77 bits per heavy atom. The summed E-state index contributed by atoms with van der Waals surface area (Å²) in [5.41, 5.74) is 2.54. The van der Waals surface area contributed by atoms with Crippen LogP contribution in [0.15, 0.2) is 54.7 Å². The van der Waals surface area contributed by atoms with E-state index in [0.29, 0.717) is 17.1 Å². The number of hydrogen-bond acceptors (Lipinski definition) is 4. The summed E-state index contributed by atoms with van der Waals surface area (Å²) in [6, 6.07) is 12.9. The molecule has 2 rings (SSSR count). The van der Waals surface area contributed by atoms with E-state index >= 15 is 0 Å². The summed E-state index contributed by atoms with van der Waals surface area (Å²) in [4.78, 5) is 12.0. The van der Waals surface area contributed by atoms with Crippen LogP contribution in [0.5, 0.6) is 11.5 Å². The molecule has 0 unspecified atom stereocenters. The van der Waals surface area contributed by atoms with Crippen LogP contribution in [0.2, 0.25) is 0 Å². The standard InChI is InChI=1S/C18H19NO3/c1-13-4-6-14(7-5-13)17(20)10-11-19-16-9-8-15(21-2)12-18(16)22-3/h4-12,19H,1-3H3. The van der Waals surface area contributed by atoms with Gasteiger partial charge in [-0.2, -0.15) is 0 Å². The molecule has 22 heavy (non-hydrogen) atoms. The first-order valence-electron chi connectivity index (χ1n) is 6.90. The molecular formula is C18H19NO3. The van der Waals surface area contributed by atoms with Crippen LogP contribution in [-0.2, 0) is 0 Å². The third kappa shape index (κ3) is 3.88. The van der Waals surface area contributed by atoms with E-state index in [1.807, 2.05) is 43.3 Å². The molecule has 0 spiro atoms. The maximum atomic E-state index is 12.0. The molecule has 2 aromatic rings. The van der Waals surface area contributed by atoms with Crippen LogP contribution in [-0.4, -0.2) is 20.0 Å². The van der Waals surface area contributed by atoms with Crippen molar-refractivity contribution in [3.63, 3.8) is 0 Å². The van der Waals surface area contributed by atoms with Crippen LogP contribution in [0.4, 0.5) is 5.69 Å². The van der Waals surface area contributed by atoms with Crippen LogP contribution in [0, 0.1) is 6.92 Å². The predicted octanol–water partition coefficient (Wildman–Crippen LogP) is 3.82. The second kappa shape index (κ2) is 7.31. The highest BCUT2D eigenvalue weighted by atomic mass is 16.5. The summed E-state index contributed by atoms with van der Waals surface area (Å²) in [7, 11) is 3.18. The number of ether oxygens (including phenoxy) is 2. The molecule has 0 aliphatic carbocycles. The average molecular weight is 297 g/mol. The lowest BCUT2D eigenvalue weighted by molar-refractivity contribution is 0.104. The Bertz CT molecular complexity index is 675. The van der Waals surface area contributed by atoms with Crippen molar-refractivity contribution in [2.75, 3.05) is 19.5 Å². The summed E-state index contributed by atoms with van der Waals surface area (Å²) in [6.45, 7) is 1.99. The summed E-state index contributed by atoms with van der Waals surface area (Å²) in [5.74, 6) is 1.30. The summed E-state index contributed by atoms with van der Waals surface area (Å²) >= 11 is 0. The lowest BCUT2D eigenvalue weighted by Crippen LogP contribution is -1.98. The highest BCUT2D eigenvalue weighted by Crippen LogP contribution is 2.28. The lowest BCUT2D eigenvalue weighted by Gasteiger charge is -2.09. The van der Waals surface area contributed by atoms with E-state index in [1.165, 1.54) is 6.08 Å². The fraction of sp³-hybridized carbons (Fsp3) is 0.167. The summed E-state index contributed by atoms with van der Waals surface area (Å²) < 4.78 is 10.4. The largest absolute Gasteiger partial charge is 0.497 e. The van der Waals surface area contributed by atoms with Gasteiger partial charge in [-0.15, -0.1) is 0 Å². The molecule has 0 amide bonds. The zero-order valence-corrected chi connectivity index (χ0v) is 12.9. The molecular weight excluding hydrogens is 278 g/mol. The Morgan fingerprint density at radius 3 is 2.41 bits per heavy atom. The van der Waals surface area contributed by atoms with Crippen LogP contribution in [0.1, 0.15) is 15.9 Å². The number of carbonyl (C=O) groups is 1. The van der Waals surface area contributed by atoms with Gasteiger partial charge in [0, 0.05) is 23.9 Å². The van der Waals surface area contributed by atoms with Gasteiger partial charge in [-0.25, -0.2) is 0 Å². The minimum absolute atomic E-state index is 0.0556. The third-order valence-corrected chi connectivity index (χ3v) is 3.22. The van der Waals surface area contributed by atoms with E-state index in [-0.39, 0.29) is 5.78 Å². The number of methoxy groups -OCH3 is 2. The van der Waals surface area contributed by atoms with E-state index in [4.69, 9.17) is 9.47 Å². The average Bonchev–Trinajstić information content (AvgIpc) is 2.55. The van der Waals surface area contributed by atoms with Gasteiger partial charge in [-0.1, -0.05) is 29.8 Å². The summed E-state index contributed by atoms with van der Waals surface area (Å²) in [5, 5.41) is 3.05. The van der Waals surface area contributed by atoms with Crippen molar-refractivity contribution < 1.29 is 14.3 Å². The molecule has 0 aromatic heterocycles. The van der Waals surface area contributed by atoms with Gasteiger partial charge in [-0.05, 0) is 19.1 Å². The van der Waals surface area contributed by atoms with Gasteiger partial charge in [0.05, 0.1) is 19.9 Å². The Kier molecular flexibility index (Phi) is 5.20. The van der Waals surface area contributed by atoms with Crippen LogP contribution in [0.25, 0.3) is 0 Å². The van der Waals surface area contributed by atoms with E-state index in [9.17, 15) is 4.79 Å². The Balaban J connectivity index is 2.06. The zero-order valence-electron chi connectivity index (χ0n) is 12.9. The Labute approximate surface area is 130 Å². The molecule has 0 aliphatic rings. The van der Waals surface area contributed by atoms with Crippen molar-refractivity contribution in [1.82, 2.24) is 0 Å². The smallest absolute Gasteiger partial charge is 0.187 e. The van der Waals surface area contributed by atoms with Gasteiger partial charge in [0.1, 0.15) is 11.5 Å². The van der Waals surface area contributed by atoms with Crippen molar-refractivity contribution >= 4 is 11.5 Å². The molecule has 0 atom stereocenters. The zero-order chi connectivity index (χ0) is 15.9. The highest BCUT2D eigenvalue weighted by Gasteiger charge is 2.04. The molecule has 1 N–H and O–H groups in total. The number of ketones is 1. The first-order valence-corrected chi connectivity index (χ1v) is 6.90. The van der Waals surface area contributed by atoms with Gasteiger partial charge in [0.2, 0.25) is 0 Å². The second-order valence-corrected chi connectivity index (χ2v) is 4.77. The number of aryl methyl sites for hydroxylation is 1. The van der Waals surface area contributed by atoms with Gasteiger partial charge in [0.15, 0.2) is 5.78 Å². The van der Waals surface area contributed by atoms with Crippen LogP contribution >= 0.6 is 0 Å². The number of anilines is 1. The van der Waals surface area contributed by atoms with E-state index in [0.717, 1.165) is 11.3 Å². The first-order chi connectivity index (χ1) is 10.6. The molecule has 0 heterocycles. The Morgan fingerprint density at radius 1 is 1.05 bits per heavy atom. The molecule has 0 fully saturated rings. The Hall–Kier alpha value is -2.75. The molecule has 0 saturated carbocycles. The minimum Gasteiger partial charge on any atom is -0.497 e. The van der Waals surface area contributed by atoms with Crippen molar-refractivity contribution in [2.45, 2.75) is 6.92 Å². The van der Waals surface area contributed by atoms with Crippen LogP contribution in [0.3, 0.4) is 0 Å². The SMILES string of the molecule is COc1ccc(NC=CC(=O)c2ccc(C)cc2)c(OC)c1. The van der Waals surface area contributed by atoms with Crippen molar-refractivity contribution in [2.24, 2.45) is 0 Å². The number of hydrogen-bond donors (Lipinski definition) is 1. The highest BCUT2D eigenvalue weighted by molar-refractivity contribution is 6.04. The van der Waals surface area contributed by atoms with Crippen molar-refractivity contribution in [1.29, 1.82) is 0 Å². The molecule has 0 radical (unpaired) electrons. The molecule has 2 aromatic carbocycles. The predicted molar refractivity (Wildman–Crippen MR) is 87.8 cm³/mol. The first kappa shape index (κ1) is 15.6. The molecule has 0 bridgehead atoms.